The zero-order chi connectivity index (χ0) is 19.4. The van der Waals surface area contributed by atoms with Gasteiger partial charge in [-0.2, -0.15) is 4.98 Å². The fraction of sp³-hybridized carbons (Fsp3) is 0.526. The molecule has 8 heteroatoms. The van der Waals surface area contributed by atoms with E-state index in [1.165, 1.54) is 0 Å². The van der Waals surface area contributed by atoms with Gasteiger partial charge in [-0.05, 0) is 54.2 Å². The molecule has 1 aromatic heterocycles. The zero-order valence-corrected chi connectivity index (χ0v) is 17.4. The van der Waals surface area contributed by atoms with E-state index < -0.39 is 0 Å². The Labute approximate surface area is 167 Å². The molecule has 3 rings (SSSR count). The first kappa shape index (κ1) is 19.7. The summed E-state index contributed by atoms with van der Waals surface area (Å²) in [5, 5.41) is 3.85. The lowest BCUT2D eigenvalue weighted by molar-refractivity contribution is 0.0704. The van der Waals surface area contributed by atoms with Crippen molar-refractivity contribution in [3.63, 3.8) is 0 Å². The van der Waals surface area contributed by atoms with E-state index in [4.69, 9.17) is 14.0 Å². The highest BCUT2D eigenvalue weighted by atomic mass is 79.9. The van der Waals surface area contributed by atoms with E-state index in [0.717, 1.165) is 23.7 Å². The number of carbonyl (C=O) groups excluding carboxylic acids is 1. The maximum absolute atomic E-state index is 13.0. The summed E-state index contributed by atoms with van der Waals surface area (Å²) in [7, 11) is 1.58. The van der Waals surface area contributed by atoms with Crippen LogP contribution in [-0.4, -0.2) is 47.8 Å². The first-order chi connectivity index (χ1) is 13.0. The fourth-order valence-electron chi connectivity index (χ4n) is 3.18. The summed E-state index contributed by atoms with van der Waals surface area (Å²) in [5.41, 5.74) is 0.578. The average Bonchev–Trinajstić information content (AvgIpc) is 3.12. The van der Waals surface area contributed by atoms with E-state index in [2.05, 4.69) is 26.1 Å². The summed E-state index contributed by atoms with van der Waals surface area (Å²) in [6, 6.07) is 3.54. The third kappa shape index (κ3) is 4.43. The van der Waals surface area contributed by atoms with Crippen molar-refractivity contribution in [2.75, 3.05) is 26.8 Å². The van der Waals surface area contributed by atoms with Gasteiger partial charge in [-0.3, -0.25) is 4.79 Å². The van der Waals surface area contributed by atoms with Crippen LogP contribution < -0.4 is 9.47 Å². The van der Waals surface area contributed by atoms with Gasteiger partial charge in [0.15, 0.2) is 17.3 Å². The van der Waals surface area contributed by atoms with E-state index in [0.29, 0.717) is 48.5 Å². The fourth-order valence-corrected chi connectivity index (χ4v) is 3.74. The largest absolute Gasteiger partial charge is 0.493 e. The van der Waals surface area contributed by atoms with Gasteiger partial charge in [0, 0.05) is 24.6 Å². The number of aryl methyl sites for hydroxylation is 1. The highest BCUT2D eigenvalue weighted by molar-refractivity contribution is 9.10. The number of benzene rings is 1. The Bertz CT molecular complexity index is 800. The molecule has 0 atom stereocenters. The maximum atomic E-state index is 13.0. The van der Waals surface area contributed by atoms with Gasteiger partial charge >= 0.3 is 0 Å². The summed E-state index contributed by atoms with van der Waals surface area (Å²) in [4.78, 5) is 19.1. The van der Waals surface area contributed by atoms with Gasteiger partial charge in [-0.25, -0.2) is 0 Å². The predicted molar refractivity (Wildman–Crippen MR) is 103 cm³/mol. The monoisotopic (exact) mass is 437 g/mol. The molecule has 0 N–H and O–H groups in total. The summed E-state index contributed by atoms with van der Waals surface area (Å²) >= 11 is 3.50. The van der Waals surface area contributed by atoms with Crippen molar-refractivity contribution < 1.29 is 18.8 Å². The van der Waals surface area contributed by atoms with E-state index in [1.54, 1.807) is 19.2 Å². The van der Waals surface area contributed by atoms with Crippen LogP contribution in [0.15, 0.2) is 21.1 Å². The Hall–Kier alpha value is -2.09. The Kier molecular flexibility index (Phi) is 6.36. The molecule has 0 aliphatic carbocycles. The van der Waals surface area contributed by atoms with Gasteiger partial charge in [0.05, 0.1) is 18.2 Å². The molecule has 0 bridgehead atoms. The molecule has 146 valence electrons. The number of hydrogen-bond acceptors (Lipinski definition) is 6. The van der Waals surface area contributed by atoms with Gasteiger partial charge in [0.2, 0.25) is 5.89 Å². The molecule has 1 aromatic carbocycles. The second-order valence-electron chi connectivity index (χ2n) is 6.58. The Morgan fingerprint density at radius 3 is 2.70 bits per heavy atom. The molecular weight excluding hydrogens is 414 g/mol. The van der Waals surface area contributed by atoms with Crippen molar-refractivity contribution in [3.05, 3.63) is 33.9 Å². The second-order valence-corrected chi connectivity index (χ2v) is 7.44. The molecule has 0 radical (unpaired) electrons. The SMILES string of the molecule is CCCOc1c(Br)cc(C(=O)N2CCC(c3nc(C)no3)CC2)cc1OC. The Balaban J connectivity index is 1.70. The number of carbonyl (C=O) groups is 1. The molecule has 2 aromatic rings. The van der Waals surface area contributed by atoms with Crippen LogP contribution in [0.25, 0.3) is 0 Å². The number of ether oxygens (including phenoxy) is 2. The number of aromatic nitrogens is 2. The lowest BCUT2D eigenvalue weighted by atomic mass is 9.96. The van der Waals surface area contributed by atoms with Crippen molar-refractivity contribution in [1.82, 2.24) is 15.0 Å². The van der Waals surface area contributed by atoms with Gasteiger partial charge < -0.3 is 18.9 Å². The van der Waals surface area contributed by atoms with Crippen molar-refractivity contribution in [2.45, 2.75) is 39.0 Å². The number of hydrogen-bond donors (Lipinski definition) is 0. The molecule has 0 spiro atoms. The van der Waals surface area contributed by atoms with Crippen LogP contribution in [0, 0.1) is 6.92 Å². The Morgan fingerprint density at radius 1 is 1.37 bits per heavy atom. The van der Waals surface area contributed by atoms with Crippen molar-refractivity contribution in [1.29, 1.82) is 0 Å². The lowest BCUT2D eigenvalue weighted by Crippen LogP contribution is -2.38. The summed E-state index contributed by atoms with van der Waals surface area (Å²) in [6.45, 7) is 5.74. The van der Waals surface area contributed by atoms with Crippen LogP contribution in [0.5, 0.6) is 11.5 Å². The number of amides is 1. The molecule has 0 unspecified atom stereocenters. The van der Waals surface area contributed by atoms with Crippen LogP contribution in [0.1, 0.15) is 54.2 Å². The number of rotatable bonds is 6. The third-order valence-corrected chi connectivity index (χ3v) is 5.19. The zero-order valence-electron chi connectivity index (χ0n) is 15.8. The minimum atomic E-state index is -0.0174. The lowest BCUT2D eigenvalue weighted by Gasteiger charge is -2.30. The van der Waals surface area contributed by atoms with E-state index in [9.17, 15) is 4.79 Å². The number of nitrogens with zero attached hydrogens (tertiary/aromatic N) is 3. The smallest absolute Gasteiger partial charge is 0.254 e. The molecular formula is C19H24BrN3O4. The van der Waals surface area contributed by atoms with Crippen LogP contribution in [0.2, 0.25) is 0 Å². The minimum Gasteiger partial charge on any atom is -0.493 e. The molecule has 1 aliphatic heterocycles. The number of halogens is 1. The summed E-state index contributed by atoms with van der Waals surface area (Å²) < 4.78 is 17.2. The number of piperidine rings is 1. The first-order valence-electron chi connectivity index (χ1n) is 9.13. The van der Waals surface area contributed by atoms with Crippen molar-refractivity contribution in [3.8, 4) is 11.5 Å². The molecule has 1 aliphatic rings. The molecule has 27 heavy (non-hydrogen) atoms. The van der Waals surface area contributed by atoms with E-state index >= 15 is 0 Å². The first-order valence-corrected chi connectivity index (χ1v) is 9.92. The summed E-state index contributed by atoms with van der Waals surface area (Å²) in [6.07, 6.45) is 2.51. The number of methoxy groups -OCH3 is 1. The van der Waals surface area contributed by atoms with E-state index in [-0.39, 0.29) is 11.8 Å². The van der Waals surface area contributed by atoms with Crippen LogP contribution in [-0.2, 0) is 0 Å². The normalized spacial score (nSPS) is 15.0. The Morgan fingerprint density at radius 2 is 2.11 bits per heavy atom. The van der Waals surface area contributed by atoms with Gasteiger partial charge in [-0.1, -0.05) is 12.1 Å². The van der Waals surface area contributed by atoms with Gasteiger partial charge in [-0.15, -0.1) is 0 Å². The van der Waals surface area contributed by atoms with Crippen LogP contribution >= 0.6 is 15.9 Å². The topological polar surface area (TPSA) is 77.7 Å². The van der Waals surface area contributed by atoms with Crippen molar-refractivity contribution in [2.24, 2.45) is 0 Å². The molecule has 1 fully saturated rings. The molecule has 1 amide bonds. The second kappa shape index (κ2) is 8.73. The molecule has 1 saturated heterocycles. The quantitative estimate of drug-likeness (QED) is 0.680. The minimum absolute atomic E-state index is 0.0174. The molecule has 0 saturated carbocycles. The highest BCUT2D eigenvalue weighted by Gasteiger charge is 2.28. The standard InChI is InChI=1S/C19H24BrN3O4/c1-4-9-26-17-15(20)10-14(11-16(17)25-3)19(24)23-7-5-13(6-8-23)18-21-12(2)22-27-18/h10-11,13H,4-9H2,1-3H3. The van der Waals surface area contributed by atoms with Crippen LogP contribution in [0.4, 0.5) is 0 Å². The maximum Gasteiger partial charge on any atom is 0.254 e. The van der Waals surface area contributed by atoms with E-state index in [1.807, 2.05) is 18.7 Å². The molecule has 2 heterocycles. The number of likely N-dealkylation sites (tertiary alicyclic amines) is 1. The van der Waals surface area contributed by atoms with Crippen LogP contribution in [0.3, 0.4) is 0 Å². The van der Waals surface area contributed by atoms with Gasteiger partial charge in [0.1, 0.15) is 0 Å². The van der Waals surface area contributed by atoms with Gasteiger partial charge in [0.25, 0.3) is 5.91 Å². The van der Waals surface area contributed by atoms with Crippen molar-refractivity contribution >= 4 is 21.8 Å². The highest BCUT2D eigenvalue weighted by Crippen LogP contribution is 2.37. The summed E-state index contributed by atoms with van der Waals surface area (Å²) in [5.74, 6) is 2.68. The third-order valence-electron chi connectivity index (χ3n) is 4.60. The predicted octanol–water partition coefficient (Wildman–Crippen LogP) is 3.96. The molecule has 7 nitrogen and oxygen atoms in total. The average molecular weight is 438 g/mol.